The summed E-state index contributed by atoms with van der Waals surface area (Å²) in [6.45, 7) is 2.77. The van der Waals surface area contributed by atoms with E-state index in [0.29, 0.717) is 39.3 Å². The number of hydrogen-bond acceptors (Lipinski definition) is 6. The highest BCUT2D eigenvalue weighted by Crippen LogP contribution is 2.26. The number of ether oxygens (including phenoxy) is 1. The Kier molecular flexibility index (Phi) is 7.87. The second-order valence-electron chi connectivity index (χ2n) is 6.20. The molecule has 2 aliphatic rings. The molecule has 1 atom stereocenters. The maximum absolute atomic E-state index is 12.6. The first-order chi connectivity index (χ1) is 12.5. The van der Waals surface area contributed by atoms with Gasteiger partial charge in [-0.2, -0.15) is 0 Å². The summed E-state index contributed by atoms with van der Waals surface area (Å²) < 4.78 is 5.59. The van der Waals surface area contributed by atoms with Crippen LogP contribution >= 0.6 is 35.3 Å². The van der Waals surface area contributed by atoms with Crippen LogP contribution < -0.4 is 5.32 Å². The number of hydrogen-bond donors (Lipinski definition) is 1. The molecular weight excluding hydrogens is 415 g/mol. The molecule has 4 amide bonds. The van der Waals surface area contributed by atoms with Crippen LogP contribution in [0.1, 0.15) is 4.88 Å². The lowest BCUT2D eigenvalue weighted by molar-refractivity contribution is -0.133. The highest BCUT2D eigenvalue weighted by Gasteiger charge is 2.48. The number of rotatable bonds is 7. The number of carbonyl (C=O) groups excluding carboxylic acids is 3. The fraction of sp³-hybridized carbons (Fsp3) is 0.562. The molecule has 3 rings (SSSR count). The van der Waals surface area contributed by atoms with Gasteiger partial charge in [0.05, 0.1) is 10.9 Å². The van der Waals surface area contributed by atoms with Crippen LogP contribution in [0.25, 0.3) is 0 Å². The molecule has 0 aliphatic carbocycles. The van der Waals surface area contributed by atoms with Crippen molar-refractivity contribution in [2.75, 3.05) is 46.4 Å². The lowest BCUT2D eigenvalue weighted by Crippen LogP contribution is -2.52. The van der Waals surface area contributed by atoms with E-state index < -0.39 is 6.04 Å². The van der Waals surface area contributed by atoms with E-state index in [-0.39, 0.29) is 36.8 Å². The third-order valence-corrected chi connectivity index (χ3v) is 5.65. The molecule has 150 valence electrons. The molecule has 11 heteroatoms. The van der Waals surface area contributed by atoms with E-state index in [1.165, 1.54) is 18.4 Å². The number of nitrogens with one attached hydrogen (secondary N) is 1. The number of thiophene rings is 1. The number of nitrogens with zero attached hydrogens (tertiary/aromatic N) is 3. The Labute approximate surface area is 172 Å². The third-order valence-electron chi connectivity index (χ3n) is 4.43. The second-order valence-corrected chi connectivity index (χ2v) is 8.00. The Morgan fingerprint density at radius 2 is 2.15 bits per heavy atom. The number of imide groups is 1. The van der Waals surface area contributed by atoms with Gasteiger partial charge in [0.25, 0.3) is 5.91 Å². The number of halogens is 2. The molecule has 0 saturated carbocycles. The van der Waals surface area contributed by atoms with Gasteiger partial charge in [0.15, 0.2) is 0 Å². The van der Waals surface area contributed by atoms with Crippen molar-refractivity contribution in [1.82, 2.24) is 20.0 Å². The normalized spacial score (nSPS) is 19.9. The molecule has 8 nitrogen and oxygen atoms in total. The molecule has 3 heterocycles. The molecule has 0 bridgehead atoms. The minimum absolute atomic E-state index is 0. The molecule has 0 aromatic carbocycles. The summed E-state index contributed by atoms with van der Waals surface area (Å²) in [7, 11) is 1.54. The smallest absolute Gasteiger partial charge is 0.328 e. The summed E-state index contributed by atoms with van der Waals surface area (Å²) in [5.74, 6) is -0.681. The topological polar surface area (TPSA) is 82.2 Å². The summed E-state index contributed by atoms with van der Waals surface area (Å²) in [4.78, 5) is 42.9. The first-order valence-electron chi connectivity index (χ1n) is 8.33. The van der Waals surface area contributed by atoms with Crippen LogP contribution in [0.3, 0.4) is 0 Å². The molecule has 1 aromatic heterocycles. The molecule has 2 aliphatic heterocycles. The Morgan fingerprint density at radius 1 is 1.37 bits per heavy atom. The van der Waals surface area contributed by atoms with Crippen molar-refractivity contribution in [3.63, 3.8) is 0 Å². The van der Waals surface area contributed by atoms with Crippen LogP contribution in [0.15, 0.2) is 12.1 Å². The van der Waals surface area contributed by atoms with Gasteiger partial charge in [0.1, 0.15) is 12.6 Å². The van der Waals surface area contributed by atoms with Gasteiger partial charge in [-0.3, -0.25) is 19.4 Å². The summed E-state index contributed by atoms with van der Waals surface area (Å²) in [6.07, 6.45) is 0. The van der Waals surface area contributed by atoms with E-state index in [9.17, 15) is 14.4 Å². The second kappa shape index (κ2) is 9.70. The minimum Gasteiger partial charge on any atom is -0.383 e. The van der Waals surface area contributed by atoms with Gasteiger partial charge in [0, 0.05) is 44.7 Å². The van der Waals surface area contributed by atoms with Crippen LogP contribution in [0.4, 0.5) is 4.79 Å². The van der Waals surface area contributed by atoms with Gasteiger partial charge in [-0.15, -0.1) is 23.7 Å². The zero-order valence-corrected chi connectivity index (χ0v) is 17.2. The molecule has 27 heavy (non-hydrogen) atoms. The van der Waals surface area contributed by atoms with Crippen LogP contribution in [-0.4, -0.2) is 85.0 Å². The SMILES string of the molecule is COCCNC(=O)CN1C(=O)C2CN(Cc3ccc(Cl)s3)CCN2C1=O.Cl. The van der Waals surface area contributed by atoms with Gasteiger partial charge in [-0.05, 0) is 12.1 Å². The van der Waals surface area contributed by atoms with Gasteiger partial charge >= 0.3 is 6.03 Å². The number of fused-ring (bicyclic) bond motifs is 1. The van der Waals surface area contributed by atoms with Crippen molar-refractivity contribution in [1.29, 1.82) is 0 Å². The van der Waals surface area contributed by atoms with E-state index in [0.717, 1.165) is 14.1 Å². The quantitative estimate of drug-likeness (QED) is 0.509. The number of methoxy groups -OCH3 is 1. The van der Waals surface area contributed by atoms with E-state index in [1.807, 2.05) is 12.1 Å². The molecule has 1 unspecified atom stereocenters. The van der Waals surface area contributed by atoms with Crippen LogP contribution in [0, 0.1) is 0 Å². The van der Waals surface area contributed by atoms with Crippen molar-refractivity contribution in [3.8, 4) is 0 Å². The number of amides is 4. The Hall–Kier alpha value is -1.39. The highest BCUT2D eigenvalue weighted by atomic mass is 35.5. The summed E-state index contributed by atoms with van der Waals surface area (Å²) in [5, 5.41) is 2.63. The number of carbonyl (C=O) groups is 3. The zero-order chi connectivity index (χ0) is 18.7. The van der Waals surface area contributed by atoms with Crippen LogP contribution in [0.5, 0.6) is 0 Å². The van der Waals surface area contributed by atoms with Crippen molar-refractivity contribution in [2.45, 2.75) is 12.6 Å². The van der Waals surface area contributed by atoms with Crippen molar-refractivity contribution < 1.29 is 19.1 Å². The minimum atomic E-state index is -0.529. The van der Waals surface area contributed by atoms with Crippen LogP contribution in [-0.2, 0) is 20.9 Å². The molecular formula is C16H22Cl2N4O4S. The monoisotopic (exact) mass is 436 g/mol. The number of piperazine rings is 1. The van der Waals surface area contributed by atoms with E-state index in [1.54, 1.807) is 4.90 Å². The average Bonchev–Trinajstić information content (AvgIpc) is 3.12. The molecule has 2 saturated heterocycles. The molecule has 1 N–H and O–H groups in total. The lowest BCUT2D eigenvalue weighted by Gasteiger charge is -2.35. The van der Waals surface area contributed by atoms with E-state index >= 15 is 0 Å². The van der Waals surface area contributed by atoms with E-state index in [4.69, 9.17) is 16.3 Å². The summed E-state index contributed by atoms with van der Waals surface area (Å²) in [6, 6.07) is 2.91. The molecule has 1 aromatic rings. The molecule has 0 radical (unpaired) electrons. The average molecular weight is 437 g/mol. The van der Waals surface area contributed by atoms with Crippen molar-refractivity contribution in [2.24, 2.45) is 0 Å². The largest absolute Gasteiger partial charge is 0.383 e. The van der Waals surface area contributed by atoms with E-state index in [2.05, 4.69) is 10.2 Å². The standard InChI is InChI=1S/C16H21ClN4O4S.ClH/c1-25-7-4-18-14(22)10-21-15(23)12-9-19(5-6-20(12)16(21)24)8-11-2-3-13(17)26-11;/h2-3,12H,4-10H2,1H3,(H,18,22);1H. The molecule has 2 fully saturated rings. The highest BCUT2D eigenvalue weighted by molar-refractivity contribution is 7.16. The predicted octanol–water partition coefficient (Wildman–Crippen LogP) is 1.03. The lowest BCUT2D eigenvalue weighted by atomic mass is 10.2. The van der Waals surface area contributed by atoms with Crippen LogP contribution in [0.2, 0.25) is 4.34 Å². The summed E-state index contributed by atoms with van der Waals surface area (Å²) in [5.41, 5.74) is 0. The zero-order valence-electron chi connectivity index (χ0n) is 14.9. The predicted molar refractivity (Wildman–Crippen MR) is 104 cm³/mol. The van der Waals surface area contributed by atoms with Gasteiger partial charge in [-0.25, -0.2) is 4.79 Å². The van der Waals surface area contributed by atoms with Gasteiger partial charge in [-0.1, -0.05) is 11.6 Å². The van der Waals surface area contributed by atoms with Gasteiger partial charge in [0.2, 0.25) is 5.91 Å². The third kappa shape index (κ3) is 5.11. The Morgan fingerprint density at radius 3 is 2.81 bits per heavy atom. The summed E-state index contributed by atoms with van der Waals surface area (Å²) >= 11 is 7.47. The maximum Gasteiger partial charge on any atom is 0.328 e. The van der Waals surface area contributed by atoms with Gasteiger partial charge < -0.3 is 15.0 Å². The number of urea groups is 1. The maximum atomic E-state index is 12.6. The first kappa shape index (κ1) is 21.9. The fourth-order valence-electron chi connectivity index (χ4n) is 3.15. The first-order valence-corrected chi connectivity index (χ1v) is 9.53. The fourth-order valence-corrected chi connectivity index (χ4v) is 4.28. The Balaban J connectivity index is 0.00000261. The van der Waals surface area contributed by atoms with Crippen molar-refractivity contribution in [3.05, 3.63) is 21.3 Å². The Bertz CT molecular complexity index is 702. The molecule has 0 spiro atoms. The van der Waals surface area contributed by atoms with Crippen molar-refractivity contribution >= 4 is 53.2 Å².